The number of hydrogen-bond donors (Lipinski definition) is 0. The molecule has 0 radical (unpaired) electrons. The highest BCUT2D eigenvalue weighted by atomic mass is 32.2. The van der Waals surface area contributed by atoms with E-state index in [1.165, 1.54) is 0 Å². The summed E-state index contributed by atoms with van der Waals surface area (Å²) in [6, 6.07) is 0. The van der Waals surface area contributed by atoms with E-state index in [1.54, 1.807) is 0 Å². The molecule has 0 aliphatic carbocycles. The van der Waals surface area contributed by atoms with Gasteiger partial charge in [0.2, 0.25) is 0 Å². The van der Waals surface area contributed by atoms with E-state index in [1.807, 2.05) is 0 Å². The molecule has 3 rings (SSSR count). The number of rotatable bonds is 2. The van der Waals surface area contributed by atoms with Gasteiger partial charge in [-0.2, -0.15) is 0 Å². The van der Waals surface area contributed by atoms with Crippen LogP contribution in [0.3, 0.4) is 0 Å². The molecule has 3 saturated heterocycles. The Hall–Kier alpha value is 0.407. The van der Waals surface area contributed by atoms with E-state index in [9.17, 15) is 0 Å². The predicted octanol–water partition coefficient (Wildman–Crippen LogP) is -0.279. The van der Waals surface area contributed by atoms with Gasteiger partial charge in [-0.15, -0.1) is 0 Å². The standard InChI is InChI=1S/C9H20NO3SSi/c1-14(2)9-15-11-6-3-10(4-7-12-15)5-8-13-15/h3-9H2,1-2H3/q+1. The highest BCUT2D eigenvalue weighted by molar-refractivity contribution is 7.96. The Morgan fingerprint density at radius 1 is 1.00 bits per heavy atom. The minimum absolute atomic E-state index is 0.323. The van der Waals surface area contributed by atoms with E-state index >= 15 is 0 Å². The molecule has 3 fully saturated rings. The number of nitrogens with zero attached hydrogens (tertiary/aromatic N) is 1. The molecule has 3 heterocycles. The van der Waals surface area contributed by atoms with Crippen molar-refractivity contribution in [2.75, 3.05) is 57.3 Å². The summed E-state index contributed by atoms with van der Waals surface area (Å²) in [5.74, 6) is 0. The van der Waals surface area contributed by atoms with Crippen molar-refractivity contribution in [3.63, 3.8) is 0 Å². The molecule has 3 aliphatic rings. The predicted molar refractivity (Wildman–Crippen MR) is 64.1 cm³/mol. The Morgan fingerprint density at radius 2 is 1.47 bits per heavy atom. The van der Waals surface area contributed by atoms with Crippen LogP contribution in [0.2, 0.25) is 0 Å². The van der Waals surface area contributed by atoms with Gasteiger partial charge in [0.1, 0.15) is 0 Å². The SMILES string of the molecule is C[S+](C)C[Si]12OCCN(CCO1)CCO2. The van der Waals surface area contributed by atoms with E-state index in [0.717, 1.165) is 44.8 Å². The fraction of sp³-hybridized carbons (Fsp3) is 1.00. The van der Waals surface area contributed by atoms with Crippen LogP contribution < -0.4 is 0 Å². The maximum absolute atomic E-state index is 5.91. The second kappa shape index (κ2) is 5.16. The zero-order valence-corrected chi connectivity index (χ0v) is 11.3. The first-order valence-corrected chi connectivity index (χ1v) is 9.53. The van der Waals surface area contributed by atoms with Gasteiger partial charge >= 0.3 is 8.80 Å². The van der Waals surface area contributed by atoms with Crippen molar-refractivity contribution in [1.82, 2.24) is 4.90 Å². The van der Waals surface area contributed by atoms with Crippen molar-refractivity contribution >= 4 is 19.7 Å². The Morgan fingerprint density at radius 3 is 1.87 bits per heavy atom. The topological polar surface area (TPSA) is 30.9 Å². The molecule has 0 saturated carbocycles. The molecule has 6 heteroatoms. The maximum atomic E-state index is 5.91. The van der Waals surface area contributed by atoms with Crippen LogP contribution in [0, 0.1) is 0 Å². The summed E-state index contributed by atoms with van der Waals surface area (Å²) in [6.45, 7) is 5.39. The Kier molecular flexibility index (Phi) is 4.08. The normalized spacial score (nSPS) is 37.4. The van der Waals surface area contributed by atoms with Crippen LogP contribution in [-0.2, 0) is 24.2 Å². The fourth-order valence-corrected chi connectivity index (χ4v) is 7.22. The van der Waals surface area contributed by atoms with Crippen molar-refractivity contribution in [3.05, 3.63) is 0 Å². The van der Waals surface area contributed by atoms with Gasteiger partial charge < -0.3 is 13.3 Å². The quantitative estimate of drug-likeness (QED) is 0.498. The van der Waals surface area contributed by atoms with Gasteiger partial charge in [0.25, 0.3) is 0 Å². The lowest BCUT2D eigenvalue weighted by Crippen LogP contribution is -2.58. The first-order valence-electron chi connectivity index (χ1n) is 5.39. The molecule has 15 heavy (non-hydrogen) atoms. The summed E-state index contributed by atoms with van der Waals surface area (Å²) in [5, 5.41) is 0.979. The highest BCUT2D eigenvalue weighted by Crippen LogP contribution is 2.17. The Labute approximate surface area is 95.6 Å². The summed E-state index contributed by atoms with van der Waals surface area (Å²) in [5.41, 5.74) is 0. The molecule has 0 spiro atoms. The molecule has 0 N–H and O–H groups in total. The minimum Gasteiger partial charge on any atom is -0.369 e. The average molecular weight is 250 g/mol. The Bertz CT molecular complexity index is 191. The average Bonchev–Trinajstić information content (AvgIpc) is 2.05. The molecule has 0 amide bonds. The van der Waals surface area contributed by atoms with Crippen molar-refractivity contribution in [1.29, 1.82) is 0 Å². The monoisotopic (exact) mass is 250 g/mol. The van der Waals surface area contributed by atoms with Gasteiger partial charge in [-0.3, -0.25) is 4.90 Å². The molecule has 88 valence electrons. The van der Waals surface area contributed by atoms with Crippen molar-refractivity contribution < 1.29 is 13.3 Å². The molecular weight excluding hydrogens is 230 g/mol. The second-order valence-electron chi connectivity index (χ2n) is 4.20. The maximum Gasteiger partial charge on any atom is 0.553 e. The van der Waals surface area contributed by atoms with E-state index in [0.29, 0.717) is 10.9 Å². The van der Waals surface area contributed by atoms with Crippen molar-refractivity contribution in [2.45, 2.75) is 0 Å². The lowest BCUT2D eigenvalue weighted by molar-refractivity contribution is -0.00451. The first kappa shape index (κ1) is 11.9. The van der Waals surface area contributed by atoms with Crippen LogP contribution in [-0.4, -0.2) is 71.0 Å². The molecule has 0 aromatic heterocycles. The number of hydrogen-bond acceptors (Lipinski definition) is 4. The second-order valence-corrected chi connectivity index (χ2v) is 9.56. The van der Waals surface area contributed by atoms with Gasteiger partial charge in [-0.1, -0.05) is 0 Å². The first-order chi connectivity index (χ1) is 7.20. The molecule has 0 atom stereocenters. The highest BCUT2D eigenvalue weighted by Gasteiger charge is 2.48. The third-order valence-corrected chi connectivity index (χ3v) is 8.31. The molecule has 0 aromatic rings. The molecule has 0 unspecified atom stereocenters. The summed E-state index contributed by atoms with van der Waals surface area (Å²) in [7, 11) is -1.98. The van der Waals surface area contributed by atoms with Crippen LogP contribution in [0.15, 0.2) is 0 Å². The lowest BCUT2D eigenvalue weighted by atomic mass is 10.4. The third kappa shape index (κ3) is 3.18. The van der Waals surface area contributed by atoms with Gasteiger partial charge in [-0.25, -0.2) is 0 Å². The van der Waals surface area contributed by atoms with Gasteiger partial charge in [-0.05, 0) is 10.9 Å². The van der Waals surface area contributed by atoms with Crippen LogP contribution in [0.4, 0.5) is 0 Å². The van der Waals surface area contributed by atoms with Crippen LogP contribution in [0.1, 0.15) is 0 Å². The number of fused-ring (bicyclic) bond motifs is 6. The lowest BCUT2D eigenvalue weighted by Gasteiger charge is -2.36. The molecule has 2 bridgehead atoms. The van der Waals surface area contributed by atoms with E-state index < -0.39 is 8.80 Å². The summed E-state index contributed by atoms with van der Waals surface area (Å²) in [4.78, 5) is 2.34. The zero-order chi connectivity index (χ0) is 10.7. The van der Waals surface area contributed by atoms with Gasteiger partial charge in [0.15, 0.2) is 5.38 Å². The Balaban J connectivity index is 2.05. The zero-order valence-electron chi connectivity index (χ0n) is 9.53. The minimum atomic E-state index is -2.30. The van der Waals surface area contributed by atoms with Crippen LogP contribution >= 0.6 is 0 Å². The fourth-order valence-electron chi connectivity index (χ4n) is 1.93. The summed E-state index contributed by atoms with van der Waals surface area (Å²) < 4.78 is 17.7. The molecule has 0 aromatic carbocycles. The molecule has 4 nitrogen and oxygen atoms in total. The van der Waals surface area contributed by atoms with Crippen molar-refractivity contribution in [3.8, 4) is 0 Å². The third-order valence-electron chi connectivity index (χ3n) is 2.65. The van der Waals surface area contributed by atoms with E-state index in [4.69, 9.17) is 13.3 Å². The van der Waals surface area contributed by atoms with E-state index in [2.05, 4.69) is 17.4 Å². The molecular formula is C9H20NO3SSi+. The largest absolute Gasteiger partial charge is 0.553 e. The van der Waals surface area contributed by atoms with Crippen LogP contribution in [0.25, 0.3) is 0 Å². The van der Waals surface area contributed by atoms with E-state index in [-0.39, 0.29) is 0 Å². The smallest absolute Gasteiger partial charge is 0.369 e. The van der Waals surface area contributed by atoms with Crippen molar-refractivity contribution in [2.24, 2.45) is 0 Å². The summed E-state index contributed by atoms with van der Waals surface area (Å²) in [6.07, 6.45) is 4.45. The van der Waals surface area contributed by atoms with Crippen LogP contribution in [0.5, 0.6) is 0 Å². The molecule has 3 aliphatic heterocycles. The van der Waals surface area contributed by atoms with Gasteiger partial charge in [0, 0.05) is 19.6 Å². The summed E-state index contributed by atoms with van der Waals surface area (Å²) >= 11 is 0. The van der Waals surface area contributed by atoms with Gasteiger partial charge in [0.05, 0.1) is 32.3 Å².